The van der Waals surface area contributed by atoms with E-state index in [9.17, 15) is 38.9 Å². The van der Waals surface area contributed by atoms with Crippen LogP contribution in [-0.2, 0) is 57.8 Å². The normalized spacial score (nSPS) is 15.7. The topological polar surface area (TPSA) is 150 Å². The zero-order chi connectivity index (χ0) is 84.3. The molecule has 13 rings (SSSR count). The van der Waals surface area contributed by atoms with Crippen LogP contribution in [0.25, 0.3) is 51.6 Å². The number of hydrogen-bond donors (Lipinski definition) is 0. The van der Waals surface area contributed by atoms with E-state index in [-0.39, 0.29) is 47.4 Å². The first-order valence-electron chi connectivity index (χ1n) is 39.8. The Hall–Kier alpha value is -12.3. The Morgan fingerprint density at radius 2 is 0.879 bits per heavy atom. The lowest BCUT2D eigenvalue weighted by atomic mass is 9.87. The fourth-order valence-electron chi connectivity index (χ4n) is 14.7. The summed E-state index contributed by atoms with van der Waals surface area (Å²) in [6.45, 7) is -2.23. The van der Waals surface area contributed by atoms with Gasteiger partial charge in [0.2, 0.25) is 11.8 Å². The van der Waals surface area contributed by atoms with Gasteiger partial charge in [-0.25, -0.2) is 27.6 Å². The zero-order valence-electron chi connectivity index (χ0n) is 68.7. The van der Waals surface area contributed by atoms with Crippen molar-refractivity contribution in [2.45, 2.75) is 77.4 Å². The molecule has 0 heterocycles. The van der Waals surface area contributed by atoms with Gasteiger partial charge in [0.1, 0.15) is 17.5 Å². The maximum atomic E-state index is 15.6. The number of rotatable bonds is 24. The van der Waals surface area contributed by atoms with Crippen molar-refractivity contribution < 1.29 is 58.9 Å². The molecule has 3 aliphatic rings. The molecule has 116 heavy (non-hydrogen) atoms. The van der Waals surface area contributed by atoms with Crippen molar-refractivity contribution in [1.29, 1.82) is 0 Å². The highest BCUT2D eigenvalue weighted by Crippen LogP contribution is 2.49. The molecule has 15 nitrogen and oxygen atoms in total. The van der Waals surface area contributed by atoms with Gasteiger partial charge in [-0.05, 0) is 233 Å². The second kappa shape index (κ2) is 40.1. The van der Waals surface area contributed by atoms with Crippen LogP contribution in [0.5, 0.6) is 0 Å². The number of ether oxygens (including phenoxy) is 3. The van der Waals surface area contributed by atoms with E-state index in [2.05, 4.69) is 38.6 Å². The van der Waals surface area contributed by atoms with Crippen LogP contribution >= 0.6 is 11.6 Å². The Labute approximate surface area is 686 Å². The van der Waals surface area contributed by atoms with Crippen molar-refractivity contribution in [2.75, 3.05) is 93.0 Å². The summed E-state index contributed by atoms with van der Waals surface area (Å²) in [6, 6.07) is 66.8. The van der Waals surface area contributed by atoms with Gasteiger partial charge in [0.05, 0.1) is 43.7 Å². The molecular formula is C97H98ClF3N6O9. The summed E-state index contributed by atoms with van der Waals surface area (Å²) in [5, 5.41) is 0.484. The Morgan fingerprint density at radius 3 is 1.35 bits per heavy atom. The molecule has 0 N–H and O–H groups in total. The number of nitrogens with zero attached hydrogens (tertiary/aromatic N) is 6. The van der Waals surface area contributed by atoms with Crippen LogP contribution in [-0.4, -0.2) is 99.2 Å². The van der Waals surface area contributed by atoms with E-state index >= 15 is 4.39 Å². The number of anilines is 6. The molecule has 2 bridgehead atoms. The van der Waals surface area contributed by atoms with E-state index in [4.69, 9.17) is 17.7 Å². The van der Waals surface area contributed by atoms with Crippen molar-refractivity contribution in [2.24, 2.45) is 23.7 Å². The number of amides is 3. The summed E-state index contributed by atoms with van der Waals surface area (Å²) < 4.78 is 77.2. The summed E-state index contributed by atoms with van der Waals surface area (Å²) in [6.07, 6.45) is 16.7. The van der Waals surface area contributed by atoms with Crippen LogP contribution in [0.15, 0.2) is 243 Å². The highest BCUT2D eigenvalue weighted by molar-refractivity contribution is 6.31. The monoisotopic (exact) mass is 1580 g/mol. The first kappa shape index (κ1) is 81.7. The molecule has 3 fully saturated rings. The van der Waals surface area contributed by atoms with E-state index in [0.717, 1.165) is 107 Å². The van der Waals surface area contributed by atoms with Gasteiger partial charge in [-0.15, -0.1) is 0 Å². The van der Waals surface area contributed by atoms with Gasteiger partial charge in [0.25, 0.3) is 5.91 Å². The van der Waals surface area contributed by atoms with Crippen LogP contribution < -0.4 is 29.4 Å². The largest absolute Gasteiger partial charge is 0.466 e. The fourth-order valence-corrected chi connectivity index (χ4v) is 15.0. The molecule has 2 unspecified atom stereocenters. The van der Waals surface area contributed by atoms with Crippen molar-refractivity contribution in [3.8, 4) is 33.4 Å². The Morgan fingerprint density at radius 1 is 0.422 bits per heavy atom. The second-order valence-electron chi connectivity index (χ2n) is 29.7. The first-order valence-corrected chi connectivity index (χ1v) is 39.0. The Bertz CT molecular complexity index is 5280. The van der Waals surface area contributed by atoms with Gasteiger partial charge in [0.15, 0.2) is 0 Å². The third kappa shape index (κ3) is 22.6. The minimum Gasteiger partial charge on any atom is -0.466 e. The minimum absolute atomic E-state index is 0.00809. The molecule has 3 aliphatic carbocycles. The van der Waals surface area contributed by atoms with Gasteiger partial charge in [0, 0.05) is 123 Å². The number of hydrogen-bond acceptors (Lipinski definition) is 12. The molecule has 0 spiro atoms. The molecule has 3 saturated carbocycles. The molecule has 3 amide bonds. The van der Waals surface area contributed by atoms with Gasteiger partial charge >= 0.3 is 17.9 Å². The Balaban J connectivity index is 0.000000174. The lowest BCUT2D eigenvalue weighted by Crippen LogP contribution is -2.38. The third-order valence-electron chi connectivity index (χ3n) is 21.1. The number of benzene rings is 10. The van der Waals surface area contributed by atoms with Gasteiger partial charge in [-0.2, -0.15) is 0 Å². The quantitative estimate of drug-likeness (QED) is 0.0322. The van der Waals surface area contributed by atoms with Crippen molar-refractivity contribution >= 4 is 99.6 Å². The predicted octanol–water partition coefficient (Wildman–Crippen LogP) is 20.8. The lowest BCUT2D eigenvalue weighted by molar-refractivity contribution is -0.135. The highest BCUT2D eigenvalue weighted by Gasteiger charge is 2.45. The summed E-state index contributed by atoms with van der Waals surface area (Å²) in [5.41, 5.74) is 13.4. The fraction of sp³-hybridized carbons (Fsp3) is 0.258. The van der Waals surface area contributed by atoms with E-state index in [1.165, 1.54) is 98.3 Å². The number of esters is 3. The lowest BCUT2D eigenvalue weighted by Gasteiger charge is -2.30. The van der Waals surface area contributed by atoms with Crippen molar-refractivity contribution in [1.82, 2.24) is 0 Å². The van der Waals surface area contributed by atoms with Gasteiger partial charge < -0.3 is 43.6 Å². The average molecular weight is 1590 g/mol. The van der Waals surface area contributed by atoms with Crippen molar-refractivity contribution in [3.05, 3.63) is 304 Å². The summed E-state index contributed by atoms with van der Waals surface area (Å²) in [7, 11) is 15.7. The molecule has 19 heteroatoms. The van der Waals surface area contributed by atoms with E-state index in [1.54, 1.807) is 47.4 Å². The molecule has 0 radical (unpaired) electrons. The zero-order valence-corrected chi connectivity index (χ0v) is 67.5. The molecule has 10 aromatic rings. The van der Waals surface area contributed by atoms with Gasteiger partial charge in [-0.3, -0.25) is 14.4 Å². The predicted molar refractivity (Wildman–Crippen MR) is 461 cm³/mol. The maximum absolute atomic E-state index is 15.6. The summed E-state index contributed by atoms with van der Waals surface area (Å²) in [5.74, 6) is -3.41. The van der Waals surface area contributed by atoms with Crippen LogP contribution in [0, 0.1) is 41.1 Å². The average Bonchev–Trinajstić information content (AvgIpc) is 1.71. The molecule has 0 aromatic heterocycles. The van der Waals surface area contributed by atoms with Crippen LogP contribution in [0.4, 0.5) is 47.3 Å². The third-order valence-corrected chi connectivity index (χ3v) is 21.5. The molecule has 0 saturated heterocycles. The Kier molecular flexibility index (Phi) is 28.3. The van der Waals surface area contributed by atoms with E-state index in [1.807, 2.05) is 173 Å². The molecule has 0 aliphatic heterocycles. The van der Waals surface area contributed by atoms with E-state index in [0.29, 0.717) is 68.9 Å². The van der Waals surface area contributed by atoms with Gasteiger partial charge in [-0.1, -0.05) is 153 Å². The number of halogens is 4. The number of fused-ring (bicyclic) bond motifs is 2. The molecular weight excluding hydrogens is 1490 g/mol. The van der Waals surface area contributed by atoms with Crippen LogP contribution in [0.1, 0.15) is 104 Å². The highest BCUT2D eigenvalue weighted by atomic mass is 35.5. The second-order valence-corrected chi connectivity index (χ2v) is 30.1. The number of carbonyl (C=O) groups excluding carboxylic acids is 6. The molecule has 10 aromatic carbocycles. The molecule has 598 valence electrons. The summed E-state index contributed by atoms with van der Waals surface area (Å²) >= 11 is 6.72. The van der Waals surface area contributed by atoms with E-state index < -0.39 is 48.4 Å². The molecule has 5 atom stereocenters. The SMILES string of the molecule is COC(=O)/C=C/c1cc(F)cc(N(Cc2ccc(-c3ccc(N(C)C)cc3)cc2Cl)C(=O)c2ccccc2)c1.[2H]C(c1ccc(-c2ccc(N(C)C)cc2)cc1)N(C(=O)[C@@H]1C[C@@H]2CC[C@H]1C2)c1cccc(/C=C/C(=O)OC)c1.[2H]C(c1ccc(-c2ccc(N(C)C)cc2)cc1F)N(C(=O)C1CCCCC1)c1cc(F)cc(/C=C/C(=O)OC)c1. The smallest absolute Gasteiger partial charge is 0.330 e. The van der Waals surface area contributed by atoms with Crippen LogP contribution in [0.2, 0.25) is 5.02 Å². The summed E-state index contributed by atoms with van der Waals surface area (Å²) in [4.78, 5) is 86.6. The van der Waals surface area contributed by atoms with Crippen LogP contribution in [0.3, 0.4) is 0 Å². The van der Waals surface area contributed by atoms with Crippen molar-refractivity contribution in [3.63, 3.8) is 0 Å². The first-order chi connectivity index (χ1) is 56.8. The standard InChI is InChI=1S/C33H36N2O3.C32H28ClFN2O3.C32H34F2N2O3/c1-34(2)29-16-14-27(15-17-29)26-11-7-24(8-12-26)22-35(33(37)31-21-25-9-13-28(31)19-25)30-6-4-5-23(20-30)10-18-32(36)38-3;1-35(2)28-14-12-23(13-15-28)25-10-11-26(30(33)19-25)21-36(32(38)24-7-5-4-6-8-24)29-18-22(17-27(34)20-29)9-16-31(37)39-3;1-35(2)28-14-12-23(13-15-28)25-10-11-26(30(34)19-25)21-36(32(38)24-7-5-4-6-8-24)29-18-22(17-27(33)20-29)9-16-31(37)39-3/h4-8,10-12,14-18,20,25,28,31H,9,13,19,21-22H2,1-3H3;4-20H,21H2,1-3H3;9-20,24H,4-8,21H2,1-3H3/b18-10+;2*16-9+/t25-,28+,31-;;/m1../s1/i22D;;21D/t22?,25-,28+,31-;;. The number of methoxy groups -OCH3 is 3. The maximum Gasteiger partial charge on any atom is 0.330 e. The number of carbonyl (C=O) groups is 6. The minimum atomic E-state index is -1.45.